The molecule has 3 aromatic rings. The van der Waals surface area contributed by atoms with Crippen LogP contribution in [-0.4, -0.2) is 63.2 Å². The first-order chi connectivity index (χ1) is 17.1. The predicted molar refractivity (Wildman–Crippen MR) is 142 cm³/mol. The van der Waals surface area contributed by atoms with Crippen molar-refractivity contribution in [1.82, 2.24) is 10.2 Å². The number of thiophene rings is 1. The average Bonchev–Trinajstić information content (AvgIpc) is 3.37. The molecule has 3 amide bonds. The highest BCUT2D eigenvalue weighted by molar-refractivity contribution is 7.17. The predicted octanol–water partition coefficient (Wildman–Crippen LogP) is 4.50. The summed E-state index contributed by atoms with van der Waals surface area (Å²) in [6, 6.07) is 14.1. The number of imide groups is 1. The van der Waals surface area contributed by atoms with Crippen LogP contribution in [0.3, 0.4) is 0 Å². The van der Waals surface area contributed by atoms with Crippen LogP contribution >= 0.6 is 11.3 Å². The van der Waals surface area contributed by atoms with E-state index in [1.807, 2.05) is 18.2 Å². The van der Waals surface area contributed by atoms with E-state index in [0.717, 1.165) is 51.1 Å². The lowest BCUT2D eigenvalue weighted by Crippen LogP contribution is -2.46. The smallest absolute Gasteiger partial charge is 0.328 e. The number of aryl methyl sites for hydroxylation is 1. The molecule has 2 aliphatic heterocycles. The molecule has 7 nitrogen and oxygen atoms in total. The van der Waals surface area contributed by atoms with Crippen molar-refractivity contribution in [2.24, 2.45) is 0 Å². The summed E-state index contributed by atoms with van der Waals surface area (Å²) in [6.07, 6.45) is 3.04. The first-order valence-electron chi connectivity index (χ1n) is 12.4. The van der Waals surface area contributed by atoms with Crippen LogP contribution in [0.15, 0.2) is 47.8 Å². The monoisotopic (exact) mass is 492 g/mol. The number of unbranched alkanes of at least 4 members (excludes halogenated alkanes) is 1. The number of hydrogen-bond acceptors (Lipinski definition) is 6. The van der Waals surface area contributed by atoms with Crippen LogP contribution in [-0.2, 0) is 11.2 Å². The number of carbonyl (C=O) groups is 2. The Balaban J connectivity index is 1.07. The van der Waals surface area contributed by atoms with Gasteiger partial charge in [-0.05, 0) is 61.0 Å². The number of nitrogens with zero attached hydrogens (tertiary/aromatic N) is 3. The Morgan fingerprint density at radius 1 is 1.03 bits per heavy atom. The molecular formula is C27H32N4O3S. The summed E-state index contributed by atoms with van der Waals surface area (Å²) in [5, 5.41) is 6.10. The largest absolute Gasteiger partial charge is 0.494 e. The molecule has 35 heavy (non-hydrogen) atoms. The summed E-state index contributed by atoms with van der Waals surface area (Å²) in [4.78, 5) is 30.8. The zero-order valence-corrected chi connectivity index (χ0v) is 21.0. The number of anilines is 2. The highest BCUT2D eigenvalue weighted by Crippen LogP contribution is 2.32. The topological polar surface area (TPSA) is 65.1 Å². The van der Waals surface area contributed by atoms with Gasteiger partial charge in [-0.1, -0.05) is 12.1 Å². The molecule has 0 saturated carbocycles. The van der Waals surface area contributed by atoms with Crippen molar-refractivity contribution in [2.75, 3.05) is 56.2 Å². The summed E-state index contributed by atoms with van der Waals surface area (Å²) in [5.41, 5.74) is 2.99. The molecule has 0 spiro atoms. The van der Waals surface area contributed by atoms with Gasteiger partial charge in [-0.25, -0.2) is 9.69 Å². The highest BCUT2D eigenvalue weighted by atomic mass is 32.1. The van der Waals surface area contributed by atoms with Gasteiger partial charge in [-0.3, -0.25) is 9.69 Å². The Labute approximate surface area is 210 Å². The zero-order chi connectivity index (χ0) is 24.2. The van der Waals surface area contributed by atoms with Crippen LogP contribution in [0.4, 0.5) is 16.2 Å². The molecule has 1 N–H and O–H groups in total. The SMILES string of the molecule is CNC(=O)N1C(=O)CCc2ccc(OCCCCN3CCN(c4cccc5sccc45)CC3)cc21. The molecule has 0 aliphatic carbocycles. The molecule has 1 aromatic heterocycles. The van der Waals surface area contributed by atoms with Crippen LogP contribution in [0.1, 0.15) is 24.8 Å². The van der Waals surface area contributed by atoms with E-state index in [2.05, 4.69) is 44.8 Å². The molecule has 0 atom stereocenters. The number of carbonyl (C=O) groups excluding carboxylic acids is 2. The van der Waals surface area contributed by atoms with Crippen LogP contribution in [0.25, 0.3) is 10.1 Å². The maximum Gasteiger partial charge on any atom is 0.328 e. The van der Waals surface area contributed by atoms with Gasteiger partial charge in [-0.2, -0.15) is 0 Å². The van der Waals surface area contributed by atoms with Gasteiger partial charge >= 0.3 is 6.03 Å². The lowest BCUT2D eigenvalue weighted by atomic mass is 10.0. The van der Waals surface area contributed by atoms with E-state index in [-0.39, 0.29) is 5.91 Å². The van der Waals surface area contributed by atoms with E-state index in [9.17, 15) is 9.59 Å². The number of amides is 3. The molecule has 1 saturated heterocycles. The van der Waals surface area contributed by atoms with E-state index in [1.165, 1.54) is 27.7 Å². The van der Waals surface area contributed by atoms with E-state index in [1.54, 1.807) is 11.3 Å². The van der Waals surface area contributed by atoms with Gasteiger partial charge in [0.05, 0.1) is 12.3 Å². The number of fused-ring (bicyclic) bond motifs is 2. The van der Waals surface area contributed by atoms with Gasteiger partial charge in [0.25, 0.3) is 0 Å². The van der Waals surface area contributed by atoms with Crippen molar-refractivity contribution in [3.8, 4) is 5.75 Å². The van der Waals surface area contributed by atoms with Gasteiger partial charge in [0.15, 0.2) is 0 Å². The normalized spacial score (nSPS) is 16.4. The van der Waals surface area contributed by atoms with Crippen molar-refractivity contribution in [3.63, 3.8) is 0 Å². The lowest BCUT2D eigenvalue weighted by molar-refractivity contribution is -0.118. The third-order valence-electron chi connectivity index (χ3n) is 6.90. The van der Waals surface area contributed by atoms with Crippen molar-refractivity contribution < 1.29 is 14.3 Å². The van der Waals surface area contributed by atoms with Crippen LogP contribution in [0.2, 0.25) is 0 Å². The van der Waals surface area contributed by atoms with Crippen molar-refractivity contribution in [2.45, 2.75) is 25.7 Å². The van der Waals surface area contributed by atoms with Gasteiger partial charge < -0.3 is 15.0 Å². The first-order valence-corrected chi connectivity index (χ1v) is 13.3. The molecule has 0 radical (unpaired) electrons. The number of hydrogen-bond donors (Lipinski definition) is 1. The molecule has 2 aliphatic rings. The van der Waals surface area contributed by atoms with Crippen molar-refractivity contribution in [3.05, 3.63) is 53.4 Å². The first kappa shape index (κ1) is 23.6. The highest BCUT2D eigenvalue weighted by Gasteiger charge is 2.29. The second kappa shape index (κ2) is 10.7. The molecule has 5 rings (SSSR count). The third-order valence-corrected chi connectivity index (χ3v) is 7.78. The Morgan fingerprint density at radius 2 is 1.89 bits per heavy atom. The molecular weight excluding hydrogens is 460 g/mol. The van der Waals surface area contributed by atoms with Crippen molar-refractivity contribution >= 4 is 44.7 Å². The number of rotatable bonds is 7. The number of piperazine rings is 1. The van der Waals surface area contributed by atoms with Crippen LogP contribution in [0.5, 0.6) is 5.75 Å². The number of ether oxygens (including phenoxy) is 1. The molecule has 3 heterocycles. The Kier molecular flexibility index (Phi) is 7.20. The molecule has 2 aromatic carbocycles. The van der Waals surface area contributed by atoms with Gasteiger partial charge in [0.2, 0.25) is 5.91 Å². The fourth-order valence-electron chi connectivity index (χ4n) is 4.97. The minimum Gasteiger partial charge on any atom is -0.494 e. The Morgan fingerprint density at radius 3 is 2.71 bits per heavy atom. The minimum atomic E-state index is -0.403. The molecule has 1 fully saturated rings. The van der Waals surface area contributed by atoms with E-state index < -0.39 is 6.03 Å². The standard InChI is InChI=1S/C27H32N4O3S/c1-28-27(33)31-24-19-21(9-7-20(24)8-10-26(31)32)34-17-3-2-12-29-13-15-30(16-14-29)23-5-4-6-25-22(23)11-18-35-25/h4-7,9,11,18-19H,2-3,8,10,12-17H2,1H3,(H,28,33). The number of nitrogens with one attached hydrogen (secondary N) is 1. The summed E-state index contributed by atoms with van der Waals surface area (Å²) in [6.45, 7) is 5.96. The van der Waals surface area contributed by atoms with Crippen molar-refractivity contribution in [1.29, 1.82) is 0 Å². The molecule has 184 valence electrons. The Bertz CT molecular complexity index is 1200. The summed E-state index contributed by atoms with van der Waals surface area (Å²) in [5.74, 6) is 0.518. The maximum absolute atomic E-state index is 12.3. The maximum atomic E-state index is 12.3. The average molecular weight is 493 g/mol. The molecule has 0 unspecified atom stereocenters. The summed E-state index contributed by atoms with van der Waals surface area (Å²) in [7, 11) is 1.54. The third kappa shape index (κ3) is 5.13. The zero-order valence-electron chi connectivity index (χ0n) is 20.2. The fraction of sp³-hybridized carbons (Fsp3) is 0.407. The molecule has 0 bridgehead atoms. The molecule has 8 heteroatoms. The fourth-order valence-corrected chi connectivity index (χ4v) is 5.78. The second-order valence-corrected chi connectivity index (χ2v) is 10.0. The summed E-state index contributed by atoms with van der Waals surface area (Å²) >= 11 is 1.81. The lowest BCUT2D eigenvalue weighted by Gasteiger charge is -2.36. The van der Waals surface area contributed by atoms with E-state index >= 15 is 0 Å². The second-order valence-electron chi connectivity index (χ2n) is 9.07. The van der Waals surface area contributed by atoms with Crippen LogP contribution < -0.4 is 19.9 Å². The van der Waals surface area contributed by atoms with Gasteiger partial charge in [0.1, 0.15) is 5.75 Å². The van der Waals surface area contributed by atoms with Gasteiger partial charge in [0, 0.05) is 61.5 Å². The Hall–Kier alpha value is -3.10. The van der Waals surface area contributed by atoms with E-state index in [4.69, 9.17) is 4.74 Å². The van der Waals surface area contributed by atoms with Crippen LogP contribution in [0, 0.1) is 0 Å². The van der Waals surface area contributed by atoms with E-state index in [0.29, 0.717) is 30.9 Å². The quantitative estimate of drug-likeness (QED) is 0.492. The van der Waals surface area contributed by atoms with Gasteiger partial charge in [-0.15, -0.1) is 11.3 Å². The number of urea groups is 1. The summed E-state index contributed by atoms with van der Waals surface area (Å²) < 4.78 is 7.33. The number of benzene rings is 2. The minimum absolute atomic E-state index is 0.180.